The van der Waals surface area contributed by atoms with Crippen molar-refractivity contribution in [3.8, 4) is 28.3 Å². The van der Waals surface area contributed by atoms with Crippen LogP contribution in [0.2, 0.25) is 5.02 Å². The zero-order chi connectivity index (χ0) is 18.8. The molecule has 0 saturated heterocycles. The van der Waals surface area contributed by atoms with Crippen molar-refractivity contribution in [2.24, 2.45) is 0 Å². The van der Waals surface area contributed by atoms with E-state index in [1.807, 2.05) is 55.6 Å². The van der Waals surface area contributed by atoms with Crippen molar-refractivity contribution in [2.45, 2.75) is 0 Å². The topological polar surface area (TPSA) is 59.9 Å². The molecule has 0 amide bonds. The SMILES string of the molecule is CNc1nc(-c2cccnc2)nc2c(OC)cc(-c3cccc(Cl)c3)cc12. The molecule has 0 spiro atoms. The maximum absolute atomic E-state index is 6.16. The molecule has 0 atom stereocenters. The minimum atomic E-state index is 0.591. The summed E-state index contributed by atoms with van der Waals surface area (Å²) in [6.45, 7) is 0. The van der Waals surface area contributed by atoms with Crippen LogP contribution in [0.15, 0.2) is 60.9 Å². The Morgan fingerprint density at radius 2 is 1.81 bits per heavy atom. The lowest BCUT2D eigenvalue weighted by Gasteiger charge is -2.13. The smallest absolute Gasteiger partial charge is 0.163 e. The molecule has 2 aromatic heterocycles. The van der Waals surface area contributed by atoms with E-state index in [0.29, 0.717) is 16.6 Å². The largest absolute Gasteiger partial charge is 0.494 e. The number of fused-ring (bicyclic) bond motifs is 1. The number of hydrogen-bond acceptors (Lipinski definition) is 5. The molecular weight excluding hydrogens is 360 g/mol. The molecule has 2 heterocycles. The van der Waals surface area contributed by atoms with E-state index in [1.165, 1.54) is 0 Å². The number of ether oxygens (including phenoxy) is 1. The van der Waals surface area contributed by atoms with Crippen molar-refractivity contribution >= 4 is 28.3 Å². The van der Waals surface area contributed by atoms with Crippen LogP contribution in [-0.2, 0) is 0 Å². The van der Waals surface area contributed by atoms with Crippen LogP contribution in [0.1, 0.15) is 0 Å². The van der Waals surface area contributed by atoms with Crippen molar-refractivity contribution < 1.29 is 4.74 Å². The fourth-order valence-corrected chi connectivity index (χ4v) is 3.20. The van der Waals surface area contributed by atoms with Crippen molar-refractivity contribution in [3.05, 3.63) is 65.9 Å². The Bertz CT molecular complexity index is 1120. The van der Waals surface area contributed by atoms with Crippen LogP contribution >= 0.6 is 11.6 Å². The van der Waals surface area contributed by atoms with E-state index >= 15 is 0 Å². The van der Waals surface area contributed by atoms with Crippen LogP contribution in [0, 0.1) is 0 Å². The zero-order valence-corrected chi connectivity index (χ0v) is 15.7. The van der Waals surface area contributed by atoms with Gasteiger partial charge in [0.2, 0.25) is 0 Å². The number of nitrogens with one attached hydrogen (secondary N) is 1. The molecule has 0 unspecified atom stereocenters. The number of pyridine rings is 1. The molecule has 1 N–H and O–H groups in total. The van der Waals surface area contributed by atoms with E-state index < -0.39 is 0 Å². The Labute approximate surface area is 162 Å². The zero-order valence-electron chi connectivity index (χ0n) is 14.9. The summed E-state index contributed by atoms with van der Waals surface area (Å²) in [5, 5.41) is 4.73. The Hall–Kier alpha value is -3.18. The fraction of sp³-hybridized carbons (Fsp3) is 0.0952. The molecule has 134 valence electrons. The number of anilines is 1. The van der Waals surface area contributed by atoms with E-state index in [9.17, 15) is 0 Å². The van der Waals surface area contributed by atoms with E-state index in [0.717, 1.165) is 33.4 Å². The standard InChI is InChI=1S/C21H17ClN4O/c1-23-21-17-10-15(13-5-3-7-16(22)9-13)11-18(27-2)19(17)25-20(26-21)14-6-4-8-24-12-14/h3-12H,1-2H3,(H,23,25,26). The minimum Gasteiger partial charge on any atom is -0.494 e. The molecule has 27 heavy (non-hydrogen) atoms. The molecular formula is C21H17ClN4O. The van der Waals surface area contributed by atoms with Gasteiger partial charge in [0, 0.05) is 35.4 Å². The van der Waals surface area contributed by atoms with Gasteiger partial charge in [-0.1, -0.05) is 23.7 Å². The number of halogens is 1. The molecule has 0 saturated carbocycles. The van der Waals surface area contributed by atoms with E-state index in [-0.39, 0.29) is 0 Å². The third-order valence-corrected chi connectivity index (χ3v) is 4.53. The Kier molecular flexibility index (Phi) is 4.60. The normalized spacial score (nSPS) is 10.8. The highest BCUT2D eigenvalue weighted by molar-refractivity contribution is 6.30. The molecule has 2 aromatic carbocycles. The Balaban J connectivity index is 1.98. The van der Waals surface area contributed by atoms with E-state index in [4.69, 9.17) is 21.3 Å². The summed E-state index contributed by atoms with van der Waals surface area (Å²) >= 11 is 6.16. The third-order valence-electron chi connectivity index (χ3n) is 4.30. The lowest BCUT2D eigenvalue weighted by molar-refractivity contribution is 0.419. The summed E-state index contributed by atoms with van der Waals surface area (Å²) < 4.78 is 5.64. The quantitative estimate of drug-likeness (QED) is 0.539. The van der Waals surface area contributed by atoms with Gasteiger partial charge < -0.3 is 10.1 Å². The molecule has 6 heteroatoms. The van der Waals surface area contributed by atoms with Gasteiger partial charge in [0.25, 0.3) is 0 Å². The van der Waals surface area contributed by atoms with Gasteiger partial charge in [0.15, 0.2) is 5.82 Å². The van der Waals surface area contributed by atoms with Crippen LogP contribution in [-0.4, -0.2) is 29.1 Å². The second-order valence-electron chi connectivity index (χ2n) is 5.97. The van der Waals surface area contributed by atoms with Crippen molar-refractivity contribution in [1.29, 1.82) is 0 Å². The van der Waals surface area contributed by atoms with Crippen molar-refractivity contribution in [2.75, 3.05) is 19.5 Å². The second-order valence-corrected chi connectivity index (χ2v) is 6.41. The first-order chi connectivity index (χ1) is 13.2. The predicted molar refractivity (Wildman–Crippen MR) is 109 cm³/mol. The van der Waals surface area contributed by atoms with Gasteiger partial charge in [-0.05, 0) is 47.5 Å². The molecule has 4 rings (SSSR count). The highest BCUT2D eigenvalue weighted by Crippen LogP contribution is 2.36. The van der Waals surface area contributed by atoms with Crippen LogP contribution < -0.4 is 10.1 Å². The lowest BCUT2D eigenvalue weighted by Crippen LogP contribution is -2.01. The van der Waals surface area contributed by atoms with Gasteiger partial charge in [-0.15, -0.1) is 0 Å². The Morgan fingerprint density at radius 3 is 2.52 bits per heavy atom. The van der Waals surface area contributed by atoms with Crippen LogP contribution in [0.25, 0.3) is 33.4 Å². The lowest BCUT2D eigenvalue weighted by atomic mass is 10.0. The third kappa shape index (κ3) is 3.29. The molecule has 0 aliphatic carbocycles. The number of rotatable bonds is 4. The molecule has 0 aliphatic rings. The van der Waals surface area contributed by atoms with E-state index in [2.05, 4.69) is 15.3 Å². The fourth-order valence-electron chi connectivity index (χ4n) is 3.01. The van der Waals surface area contributed by atoms with Gasteiger partial charge in [0.1, 0.15) is 17.1 Å². The van der Waals surface area contributed by atoms with Gasteiger partial charge in [0.05, 0.1) is 7.11 Å². The van der Waals surface area contributed by atoms with Crippen molar-refractivity contribution in [1.82, 2.24) is 15.0 Å². The van der Waals surface area contributed by atoms with Gasteiger partial charge in [-0.2, -0.15) is 0 Å². The summed E-state index contributed by atoms with van der Waals surface area (Å²) in [6.07, 6.45) is 3.47. The van der Waals surface area contributed by atoms with Gasteiger partial charge in [-0.25, -0.2) is 9.97 Å². The molecule has 4 aromatic rings. The molecule has 0 bridgehead atoms. The minimum absolute atomic E-state index is 0.591. The second kappa shape index (κ2) is 7.21. The highest BCUT2D eigenvalue weighted by atomic mass is 35.5. The summed E-state index contributed by atoms with van der Waals surface area (Å²) in [4.78, 5) is 13.6. The maximum atomic E-state index is 6.16. The Morgan fingerprint density at radius 1 is 0.963 bits per heavy atom. The van der Waals surface area contributed by atoms with Crippen LogP contribution in [0.5, 0.6) is 5.75 Å². The summed E-state index contributed by atoms with van der Waals surface area (Å²) in [5.41, 5.74) is 3.57. The van der Waals surface area contributed by atoms with Gasteiger partial charge in [-0.3, -0.25) is 4.98 Å². The monoisotopic (exact) mass is 376 g/mol. The highest BCUT2D eigenvalue weighted by Gasteiger charge is 2.15. The first kappa shape index (κ1) is 17.2. The maximum Gasteiger partial charge on any atom is 0.163 e. The first-order valence-electron chi connectivity index (χ1n) is 8.43. The van der Waals surface area contributed by atoms with Crippen LogP contribution in [0.4, 0.5) is 5.82 Å². The number of nitrogens with zero attached hydrogens (tertiary/aromatic N) is 3. The number of methoxy groups -OCH3 is 1. The first-order valence-corrected chi connectivity index (χ1v) is 8.81. The number of benzene rings is 2. The summed E-state index contributed by atoms with van der Waals surface area (Å²) in [7, 11) is 3.48. The molecule has 0 fully saturated rings. The average Bonchev–Trinajstić information content (AvgIpc) is 2.72. The number of aromatic nitrogens is 3. The molecule has 0 aliphatic heterocycles. The predicted octanol–water partition coefficient (Wildman–Crippen LogP) is 5.06. The van der Waals surface area contributed by atoms with Gasteiger partial charge >= 0.3 is 0 Å². The number of hydrogen-bond donors (Lipinski definition) is 1. The van der Waals surface area contributed by atoms with Crippen molar-refractivity contribution in [3.63, 3.8) is 0 Å². The van der Waals surface area contributed by atoms with E-state index in [1.54, 1.807) is 19.5 Å². The average molecular weight is 377 g/mol. The summed E-state index contributed by atoms with van der Waals surface area (Å²) in [5.74, 6) is 1.99. The molecule has 5 nitrogen and oxygen atoms in total. The molecule has 0 radical (unpaired) electrons. The summed E-state index contributed by atoms with van der Waals surface area (Å²) in [6, 6.07) is 15.5. The van der Waals surface area contributed by atoms with Crippen LogP contribution in [0.3, 0.4) is 0 Å².